The van der Waals surface area contributed by atoms with Crippen molar-refractivity contribution in [2.45, 2.75) is 53.5 Å². The third-order valence-corrected chi connectivity index (χ3v) is 9.63. The summed E-state index contributed by atoms with van der Waals surface area (Å²) in [5, 5.41) is 45.8. The molecule has 12 bridgehead atoms. The second-order valence-electron chi connectivity index (χ2n) is 12.0. The van der Waals surface area contributed by atoms with Crippen LogP contribution in [0.3, 0.4) is 0 Å². The lowest BCUT2D eigenvalue weighted by Crippen LogP contribution is -2.38. The van der Waals surface area contributed by atoms with Crippen LogP contribution in [0, 0.1) is 11.8 Å². The van der Waals surface area contributed by atoms with Gasteiger partial charge in [-0.05, 0) is 90.1 Å². The number of aliphatic hydroxyl groups is 4. The van der Waals surface area contributed by atoms with Crippen LogP contribution in [0.4, 0.5) is 0 Å². The third kappa shape index (κ3) is 4.06. The molecule has 0 radical (unpaired) electrons. The Labute approximate surface area is 229 Å². The first-order valence-electron chi connectivity index (χ1n) is 14.0. The lowest BCUT2D eigenvalue weighted by molar-refractivity contribution is 0.0713. The molecule has 4 unspecified atom stereocenters. The van der Waals surface area contributed by atoms with Crippen LogP contribution >= 0.6 is 0 Å². The fourth-order valence-electron chi connectivity index (χ4n) is 6.94. The number of fused-ring (bicyclic) bond motifs is 1. The Morgan fingerprint density at radius 2 is 1.00 bits per heavy atom. The highest BCUT2D eigenvalue weighted by Gasteiger charge is 2.41. The van der Waals surface area contributed by atoms with Crippen molar-refractivity contribution in [2.75, 3.05) is 0 Å². The van der Waals surface area contributed by atoms with E-state index >= 15 is 0 Å². The fourth-order valence-corrected chi connectivity index (χ4v) is 6.94. The monoisotopic (exact) mass is 518 g/mol. The van der Waals surface area contributed by atoms with Crippen molar-refractivity contribution in [2.24, 2.45) is 11.8 Å². The molecule has 0 amide bonds. The predicted molar refractivity (Wildman–Crippen MR) is 152 cm³/mol. The number of benzene rings is 2. The summed E-state index contributed by atoms with van der Waals surface area (Å²) < 4.78 is 0. The Balaban J connectivity index is 1.30. The van der Waals surface area contributed by atoms with Gasteiger partial charge in [-0.1, -0.05) is 72.8 Å². The van der Waals surface area contributed by atoms with Crippen molar-refractivity contribution in [3.63, 3.8) is 0 Å². The van der Waals surface area contributed by atoms with E-state index < -0.39 is 22.4 Å². The summed E-state index contributed by atoms with van der Waals surface area (Å²) in [5.74, 6) is 0.325. The van der Waals surface area contributed by atoms with E-state index in [-0.39, 0.29) is 23.7 Å². The number of rotatable bonds is 0. The minimum atomic E-state index is -1.36. The van der Waals surface area contributed by atoms with E-state index in [2.05, 4.69) is 48.6 Å². The normalized spacial score (nSPS) is 41.3. The Kier molecular flexibility index (Phi) is 5.46. The molecule has 2 aromatic carbocycles. The quantitative estimate of drug-likeness (QED) is 0.362. The highest BCUT2D eigenvalue weighted by atomic mass is 16.3. The van der Waals surface area contributed by atoms with Crippen LogP contribution in [-0.2, 0) is 11.2 Å². The van der Waals surface area contributed by atoms with Crippen molar-refractivity contribution in [1.82, 2.24) is 0 Å². The minimum Gasteiger partial charge on any atom is -0.381 e. The third-order valence-electron chi connectivity index (χ3n) is 9.63. The molecule has 2 aromatic rings. The zero-order valence-corrected chi connectivity index (χ0v) is 21.8. The molecule has 4 nitrogen and oxygen atoms in total. The van der Waals surface area contributed by atoms with Gasteiger partial charge in [0.05, 0.1) is 0 Å². The molecule has 4 heteroatoms. The van der Waals surface area contributed by atoms with E-state index in [1.807, 2.05) is 0 Å². The van der Waals surface area contributed by atoms with Gasteiger partial charge < -0.3 is 20.4 Å². The second-order valence-corrected chi connectivity index (χ2v) is 12.0. The second kappa shape index (κ2) is 8.61. The lowest BCUT2D eigenvalue weighted by Gasteiger charge is -2.37. The van der Waals surface area contributed by atoms with Crippen LogP contribution in [-0.4, -0.2) is 31.6 Å². The molecular weight excluding hydrogens is 484 g/mol. The van der Waals surface area contributed by atoms with E-state index in [4.69, 9.17) is 0 Å². The van der Waals surface area contributed by atoms with Crippen molar-refractivity contribution >= 4 is 0 Å². The number of hydrogen-bond acceptors (Lipinski definition) is 4. The van der Waals surface area contributed by atoms with E-state index in [0.717, 1.165) is 19.3 Å². The van der Waals surface area contributed by atoms with Crippen LogP contribution in [0.25, 0.3) is 0 Å². The maximum atomic E-state index is 11.5. The molecule has 0 saturated carbocycles. The van der Waals surface area contributed by atoms with E-state index in [0.29, 0.717) is 11.1 Å². The molecule has 0 heterocycles. The van der Waals surface area contributed by atoms with Crippen LogP contribution in [0.5, 0.6) is 0 Å². The Bertz CT molecular complexity index is 1440. The molecule has 12 rings (SSSR count). The summed E-state index contributed by atoms with van der Waals surface area (Å²) in [6, 6.07) is 15.9. The number of allylic oxidation sites excluding steroid dienone is 2. The Morgan fingerprint density at radius 3 is 1.54 bits per heavy atom. The topological polar surface area (TPSA) is 80.9 Å². The largest absolute Gasteiger partial charge is 0.381 e. The van der Waals surface area contributed by atoms with Crippen LogP contribution < -0.4 is 0 Å². The smallest absolute Gasteiger partial charge is 0.127 e. The van der Waals surface area contributed by atoms with Gasteiger partial charge in [0, 0.05) is 23.7 Å². The average Bonchev–Trinajstić information content (AvgIpc) is 3.48. The van der Waals surface area contributed by atoms with Crippen molar-refractivity contribution in [1.29, 1.82) is 0 Å². The van der Waals surface area contributed by atoms with E-state index in [1.54, 1.807) is 72.9 Å². The van der Waals surface area contributed by atoms with Gasteiger partial charge >= 0.3 is 0 Å². The molecule has 0 fully saturated rings. The maximum absolute atomic E-state index is 11.5. The molecule has 39 heavy (non-hydrogen) atoms. The summed E-state index contributed by atoms with van der Waals surface area (Å²) in [6.45, 7) is 0. The predicted octanol–water partition coefficient (Wildman–Crippen LogP) is 5.20. The molecule has 10 aliphatic carbocycles. The van der Waals surface area contributed by atoms with E-state index in [9.17, 15) is 20.4 Å². The van der Waals surface area contributed by atoms with Crippen LogP contribution in [0.15, 0.2) is 121 Å². The summed E-state index contributed by atoms with van der Waals surface area (Å²) in [6.07, 6.45) is 24.7. The lowest BCUT2D eigenvalue weighted by atomic mass is 9.72. The molecule has 0 aliphatic heterocycles. The van der Waals surface area contributed by atoms with Gasteiger partial charge in [-0.3, -0.25) is 0 Å². The first-order chi connectivity index (χ1) is 18.7. The summed E-state index contributed by atoms with van der Waals surface area (Å²) in [5.41, 5.74) is -1.24. The minimum absolute atomic E-state index is 0.0724. The van der Waals surface area contributed by atoms with Crippen molar-refractivity contribution in [3.8, 4) is 0 Å². The summed E-state index contributed by atoms with van der Waals surface area (Å²) in [7, 11) is 0. The SMILES string of the molecule is OC12C=CC(O)(C=C1)C1C=CC(CC1)c1cccc(c1)C1C=CC(C1)C1(O)C=CC(O)(C=C1)c1ccc2cc1. The Morgan fingerprint density at radius 1 is 0.513 bits per heavy atom. The standard InChI is InChI=1S/C35H34O4/c36-32-14-16-33(37,17-15-32)29-10-12-30(13-11-29)34(38)18-20-35(39,21-19-34)31-9-6-27(23-31)26-3-1-2-25(22-26)24-4-7-28(32)8-5-24/h1-4,6-7,9-22,24,27-28,31,36-39H,5,8,23H2. The molecule has 0 spiro atoms. The number of hydrogen-bond donors (Lipinski definition) is 4. The van der Waals surface area contributed by atoms with Gasteiger partial charge in [-0.2, -0.15) is 0 Å². The molecule has 4 N–H and O–H groups in total. The van der Waals surface area contributed by atoms with Gasteiger partial charge in [0.1, 0.15) is 22.4 Å². The van der Waals surface area contributed by atoms with Gasteiger partial charge in [0.2, 0.25) is 0 Å². The molecule has 0 aromatic heterocycles. The maximum Gasteiger partial charge on any atom is 0.127 e. The highest BCUT2D eigenvalue weighted by molar-refractivity contribution is 5.46. The van der Waals surface area contributed by atoms with Gasteiger partial charge in [0.25, 0.3) is 0 Å². The van der Waals surface area contributed by atoms with Gasteiger partial charge in [-0.25, -0.2) is 0 Å². The summed E-state index contributed by atoms with van der Waals surface area (Å²) in [4.78, 5) is 0. The van der Waals surface area contributed by atoms with Crippen LogP contribution in [0.1, 0.15) is 53.4 Å². The molecular formula is C35H34O4. The molecule has 0 saturated heterocycles. The highest BCUT2D eigenvalue weighted by Crippen LogP contribution is 2.45. The van der Waals surface area contributed by atoms with Gasteiger partial charge in [-0.15, -0.1) is 0 Å². The average molecular weight is 519 g/mol. The zero-order valence-electron chi connectivity index (χ0n) is 21.8. The molecule has 10 aliphatic rings. The fraction of sp³-hybridized carbons (Fsp3) is 0.314. The van der Waals surface area contributed by atoms with Gasteiger partial charge in [0.15, 0.2) is 0 Å². The first kappa shape index (κ1) is 24.7. The van der Waals surface area contributed by atoms with Crippen molar-refractivity contribution < 1.29 is 20.4 Å². The van der Waals surface area contributed by atoms with Crippen LogP contribution in [0.2, 0.25) is 0 Å². The zero-order chi connectivity index (χ0) is 26.9. The summed E-state index contributed by atoms with van der Waals surface area (Å²) >= 11 is 0. The Hall–Kier alpha value is -3.28. The van der Waals surface area contributed by atoms with Crippen molar-refractivity contribution in [3.05, 3.63) is 144 Å². The van der Waals surface area contributed by atoms with E-state index in [1.165, 1.54) is 11.1 Å². The first-order valence-corrected chi connectivity index (χ1v) is 14.0. The molecule has 198 valence electrons. The molecule has 4 atom stereocenters.